The van der Waals surface area contributed by atoms with Gasteiger partial charge in [-0.3, -0.25) is 9.20 Å². The van der Waals surface area contributed by atoms with Gasteiger partial charge in [0.15, 0.2) is 5.69 Å². The molecule has 4 rings (SSSR count). The van der Waals surface area contributed by atoms with Crippen LogP contribution < -0.4 is 5.56 Å². The number of fused-ring (bicyclic) bond motifs is 1. The van der Waals surface area contributed by atoms with Gasteiger partial charge in [-0.1, -0.05) is 17.7 Å². The first-order valence-electron chi connectivity index (χ1n) is 8.41. The van der Waals surface area contributed by atoms with Crippen molar-refractivity contribution in [1.29, 1.82) is 5.26 Å². The number of nitrogens with zero attached hydrogens (tertiary/aromatic N) is 5. The van der Waals surface area contributed by atoms with Crippen LogP contribution in [0.5, 0.6) is 0 Å². The standard InChI is InChI=1S/C18H13ClF3N5O/c1-9-2-3-15-24-11(8-26-14(19)6-13(25-26)18(20,21)22)5-16(28)27(15)17(9)12-4-10(12)7-23/h2-3,5-6,10,12H,4,8H2,1H3/t10-,12+/m1/s1. The number of pyridine rings is 1. The fourth-order valence-electron chi connectivity index (χ4n) is 3.34. The molecular weight excluding hydrogens is 395 g/mol. The minimum atomic E-state index is -4.61. The second-order valence-electron chi connectivity index (χ2n) is 6.77. The van der Waals surface area contributed by atoms with Crippen LogP contribution in [0.2, 0.25) is 5.15 Å². The van der Waals surface area contributed by atoms with Crippen molar-refractivity contribution in [2.75, 3.05) is 0 Å². The van der Waals surface area contributed by atoms with Gasteiger partial charge in [-0.15, -0.1) is 0 Å². The van der Waals surface area contributed by atoms with E-state index >= 15 is 0 Å². The molecule has 1 aliphatic rings. The van der Waals surface area contributed by atoms with Crippen molar-refractivity contribution >= 4 is 17.2 Å². The van der Waals surface area contributed by atoms with E-state index in [0.29, 0.717) is 12.1 Å². The van der Waals surface area contributed by atoms with E-state index in [1.54, 1.807) is 6.07 Å². The quantitative estimate of drug-likeness (QED) is 0.665. The number of aromatic nitrogens is 4. The molecule has 1 fully saturated rings. The highest BCUT2D eigenvalue weighted by Crippen LogP contribution is 2.47. The molecule has 0 unspecified atom stereocenters. The number of halogens is 4. The fraction of sp³-hybridized carbons (Fsp3) is 0.333. The maximum atomic E-state index is 12.8. The summed E-state index contributed by atoms with van der Waals surface area (Å²) in [5.74, 6) is -0.145. The number of hydrogen-bond acceptors (Lipinski definition) is 4. The normalized spacial score (nSPS) is 19.0. The summed E-state index contributed by atoms with van der Waals surface area (Å²) in [4.78, 5) is 17.1. The number of rotatable bonds is 3. The van der Waals surface area contributed by atoms with Gasteiger partial charge >= 0.3 is 6.18 Å². The number of hydrogen-bond donors (Lipinski definition) is 0. The Morgan fingerprint density at radius 1 is 1.36 bits per heavy atom. The molecule has 3 aromatic rings. The summed E-state index contributed by atoms with van der Waals surface area (Å²) >= 11 is 5.85. The second-order valence-corrected chi connectivity index (χ2v) is 7.15. The summed E-state index contributed by atoms with van der Waals surface area (Å²) in [7, 11) is 0. The molecule has 0 radical (unpaired) electrons. The third kappa shape index (κ3) is 3.14. The number of alkyl halides is 3. The zero-order valence-electron chi connectivity index (χ0n) is 14.5. The average Bonchev–Trinajstić information content (AvgIpc) is 3.30. The molecule has 0 spiro atoms. The van der Waals surface area contributed by atoms with Crippen LogP contribution >= 0.6 is 11.6 Å². The van der Waals surface area contributed by atoms with Crippen LogP contribution in [-0.2, 0) is 12.7 Å². The highest BCUT2D eigenvalue weighted by molar-refractivity contribution is 6.29. The minimum absolute atomic E-state index is 0.0195. The zero-order valence-corrected chi connectivity index (χ0v) is 15.3. The van der Waals surface area contributed by atoms with Crippen molar-refractivity contribution in [3.8, 4) is 6.07 Å². The van der Waals surface area contributed by atoms with Crippen molar-refractivity contribution in [1.82, 2.24) is 19.2 Å². The van der Waals surface area contributed by atoms with E-state index in [1.807, 2.05) is 13.0 Å². The van der Waals surface area contributed by atoms with Crippen molar-refractivity contribution in [2.45, 2.75) is 32.0 Å². The summed E-state index contributed by atoms with van der Waals surface area (Å²) in [5.41, 5.74) is 0.782. The first kappa shape index (κ1) is 18.5. The lowest BCUT2D eigenvalue weighted by Crippen LogP contribution is -2.21. The average molecular weight is 408 g/mol. The lowest BCUT2D eigenvalue weighted by atomic mass is 10.1. The second kappa shape index (κ2) is 6.34. The van der Waals surface area contributed by atoms with E-state index in [9.17, 15) is 18.0 Å². The Morgan fingerprint density at radius 2 is 2.11 bits per heavy atom. The molecule has 10 heteroatoms. The van der Waals surface area contributed by atoms with Crippen molar-refractivity contribution in [3.63, 3.8) is 0 Å². The molecule has 3 aromatic heterocycles. The highest BCUT2D eigenvalue weighted by atomic mass is 35.5. The molecule has 0 aliphatic heterocycles. The molecule has 0 amide bonds. The summed E-state index contributed by atoms with van der Waals surface area (Å²) in [6.07, 6.45) is -3.92. The number of nitriles is 1. The van der Waals surface area contributed by atoms with Gasteiger partial charge in [-0.05, 0) is 25.0 Å². The van der Waals surface area contributed by atoms with E-state index in [-0.39, 0.29) is 34.8 Å². The van der Waals surface area contributed by atoms with Gasteiger partial charge in [-0.2, -0.15) is 23.5 Å². The van der Waals surface area contributed by atoms with Crippen LogP contribution in [0.3, 0.4) is 0 Å². The third-order valence-corrected chi connectivity index (χ3v) is 5.07. The van der Waals surface area contributed by atoms with Gasteiger partial charge < -0.3 is 0 Å². The van der Waals surface area contributed by atoms with Crippen LogP contribution in [0.4, 0.5) is 13.2 Å². The smallest absolute Gasteiger partial charge is 0.269 e. The maximum absolute atomic E-state index is 12.8. The molecule has 1 saturated carbocycles. The first-order chi connectivity index (χ1) is 13.2. The minimum Gasteiger partial charge on any atom is -0.269 e. The Labute approximate surface area is 161 Å². The van der Waals surface area contributed by atoms with Crippen molar-refractivity contribution in [3.05, 3.63) is 62.4 Å². The molecule has 6 nitrogen and oxygen atoms in total. The molecule has 28 heavy (non-hydrogen) atoms. The van der Waals surface area contributed by atoms with Crippen LogP contribution in [0.25, 0.3) is 5.65 Å². The third-order valence-electron chi connectivity index (χ3n) is 4.77. The first-order valence-corrected chi connectivity index (χ1v) is 8.79. The zero-order chi connectivity index (χ0) is 20.2. The van der Waals surface area contributed by atoms with E-state index in [0.717, 1.165) is 22.0 Å². The van der Waals surface area contributed by atoms with Gasteiger partial charge in [0.2, 0.25) is 0 Å². The van der Waals surface area contributed by atoms with Gasteiger partial charge in [0.05, 0.1) is 24.2 Å². The monoisotopic (exact) mass is 407 g/mol. The lowest BCUT2D eigenvalue weighted by molar-refractivity contribution is -0.141. The molecule has 144 valence electrons. The summed E-state index contributed by atoms with van der Waals surface area (Å²) in [5, 5.41) is 12.4. The molecule has 0 saturated heterocycles. The summed E-state index contributed by atoms with van der Waals surface area (Å²) < 4.78 is 40.8. The van der Waals surface area contributed by atoms with Crippen LogP contribution in [0.1, 0.15) is 35.0 Å². The lowest BCUT2D eigenvalue weighted by Gasteiger charge is -2.12. The Kier molecular flexibility index (Phi) is 4.19. The highest BCUT2D eigenvalue weighted by Gasteiger charge is 2.41. The summed E-state index contributed by atoms with van der Waals surface area (Å²) in [6, 6.07) is 7.67. The van der Waals surface area contributed by atoms with Crippen molar-refractivity contribution < 1.29 is 13.2 Å². The molecule has 0 N–H and O–H groups in total. The molecular formula is C18H13ClF3N5O. The van der Waals surface area contributed by atoms with Crippen molar-refractivity contribution in [2.24, 2.45) is 5.92 Å². The van der Waals surface area contributed by atoms with E-state index < -0.39 is 11.9 Å². The largest absolute Gasteiger partial charge is 0.435 e. The van der Waals surface area contributed by atoms with Gasteiger partial charge in [0.25, 0.3) is 5.56 Å². The molecule has 2 atom stereocenters. The Morgan fingerprint density at radius 3 is 2.71 bits per heavy atom. The number of aryl methyl sites for hydroxylation is 1. The van der Waals surface area contributed by atoms with Gasteiger partial charge in [0.1, 0.15) is 10.8 Å². The van der Waals surface area contributed by atoms with E-state index in [4.69, 9.17) is 16.9 Å². The molecule has 0 bridgehead atoms. The topological polar surface area (TPSA) is 76.0 Å². The predicted octanol–water partition coefficient (Wildman–Crippen LogP) is 3.55. The fourth-order valence-corrected chi connectivity index (χ4v) is 3.54. The van der Waals surface area contributed by atoms with E-state index in [2.05, 4.69) is 16.2 Å². The molecule has 1 aliphatic carbocycles. The van der Waals surface area contributed by atoms with Crippen LogP contribution in [-0.4, -0.2) is 19.2 Å². The molecule has 3 heterocycles. The van der Waals surface area contributed by atoms with Gasteiger partial charge in [-0.25, -0.2) is 9.67 Å². The van der Waals surface area contributed by atoms with E-state index in [1.165, 1.54) is 10.5 Å². The Hall–Kier alpha value is -2.86. The maximum Gasteiger partial charge on any atom is 0.435 e. The summed E-state index contributed by atoms with van der Waals surface area (Å²) in [6.45, 7) is 1.69. The Bertz CT molecular complexity index is 1190. The Balaban J connectivity index is 1.76. The predicted molar refractivity (Wildman–Crippen MR) is 94.0 cm³/mol. The van der Waals surface area contributed by atoms with Crippen LogP contribution in [0.15, 0.2) is 29.1 Å². The SMILES string of the molecule is Cc1ccc2nc(Cn3nc(C(F)(F)F)cc3Cl)cc(=O)n2c1[C@H]1C[C@@H]1C#N. The van der Waals surface area contributed by atoms with Crippen LogP contribution in [0, 0.1) is 24.2 Å². The molecule has 0 aromatic carbocycles. The van der Waals surface area contributed by atoms with Gasteiger partial charge in [0, 0.05) is 23.7 Å².